The minimum Gasteiger partial charge on any atom is -0.480 e. The molecule has 0 aliphatic carbocycles. The zero-order valence-corrected chi connectivity index (χ0v) is 11.8. The van der Waals surface area contributed by atoms with Crippen molar-refractivity contribution in [2.24, 2.45) is 0 Å². The van der Waals surface area contributed by atoms with Crippen molar-refractivity contribution in [3.05, 3.63) is 29.8 Å². The Morgan fingerprint density at radius 3 is 2.16 bits per heavy atom. The van der Waals surface area contributed by atoms with E-state index in [1.54, 1.807) is 13.8 Å². The van der Waals surface area contributed by atoms with Crippen molar-refractivity contribution in [1.82, 2.24) is 5.32 Å². The average molecular weight is 266 g/mol. The second-order valence-corrected chi connectivity index (χ2v) is 4.95. The predicted octanol–water partition coefficient (Wildman–Crippen LogP) is 1.24. The molecule has 0 bridgehead atoms. The van der Waals surface area contributed by atoms with Crippen LogP contribution in [0.4, 0.5) is 5.69 Å². The lowest BCUT2D eigenvalue weighted by Crippen LogP contribution is -2.42. The molecule has 3 unspecified atom stereocenters. The molecule has 0 amide bonds. The maximum Gasteiger partial charge on any atom is 0.320 e. The number of aliphatic carboxylic acids is 1. The van der Waals surface area contributed by atoms with Gasteiger partial charge in [0.1, 0.15) is 6.04 Å². The van der Waals surface area contributed by atoms with Gasteiger partial charge in [0.2, 0.25) is 0 Å². The molecular weight excluding hydrogens is 244 g/mol. The Morgan fingerprint density at radius 1 is 1.21 bits per heavy atom. The Hall–Kier alpha value is -1.59. The van der Waals surface area contributed by atoms with Crippen LogP contribution in [0.3, 0.4) is 0 Å². The summed E-state index contributed by atoms with van der Waals surface area (Å²) in [5.74, 6) is -0.929. The number of nitrogens with one attached hydrogen (secondary N) is 1. The summed E-state index contributed by atoms with van der Waals surface area (Å²) >= 11 is 0. The van der Waals surface area contributed by atoms with Gasteiger partial charge < -0.3 is 15.1 Å². The highest BCUT2D eigenvalue weighted by molar-refractivity contribution is 5.72. The average Bonchev–Trinajstić information content (AvgIpc) is 2.37. The number of hydrogen-bond donors (Lipinski definition) is 3. The van der Waals surface area contributed by atoms with Crippen molar-refractivity contribution in [2.75, 3.05) is 19.0 Å². The Labute approximate surface area is 113 Å². The van der Waals surface area contributed by atoms with E-state index in [9.17, 15) is 9.90 Å². The van der Waals surface area contributed by atoms with E-state index < -0.39 is 18.1 Å². The maximum atomic E-state index is 10.8. The molecule has 0 heterocycles. The first-order chi connectivity index (χ1) is 8.82. The third-order valence-corrected chi connectivity index (χ3v) is 3.11. The van der Waals surface area contributed by atoms with Crippen LogP contribution in [0.2, 0.25) is 0 Å². The first-order valence-electron chi connectivity index (χ1n) is 6.27. The van der Waals surface area contributed by atoms with Gasteiger partial charge in [-0.2, -0.15) is 0 Å². The summed E-state index contributed by atoms with van der Waals surface area (Å²) in [6.45, 7) is 3.32. The second kappa shape index (κ2) is 6.54. The van der Waals surface area contributed by atoms with Gasteiger partial charge >= 0.3 is 5.97 Å². The maximum absolute atomic E-state index is 10.8. The van der Waals surface area contributed by atoms with Gasteiger partial charge in [0.15, 0.2) is 0 Å². The minimum absolute atomic E-state index is 0.337. The van der Waals surface area contributed by atoms with Crippen LogP contribution in [0.5, 0.6) is 0 Å². The molecule has 19 heavy (non-hydrogen) atoms. The lowest BCUT2D eigenvalue weighted by Gasteiger charge is -2.23. The van der Waals surface area contributed by atoms with Crippen molar-refractivity contribution < 1.29 is 15.0 Å². The summed E-state index contributed by atoms with van der Waals surface area (Å²) in [7, 11) is 3.90. The van der Waals surface area contributed by atoms with E-state index in [-0.39, 0.29) is 6.04 Å². The van der Waals surface area contributed by atoms with Gasteiger partial charge in [-0.05, 0) is 31.5 Å². The Kier molecular flexibility index (Phi) is 5.32. The summed E-state index contributed by atoms with van der Waals surface area (Å²) < 4.78 is 0. The molecule has 106 valence electrons. The van der Waals surface area contributed by atoms with Crippen molar-refractivity contribution in [2.45, 2.75) is 32.0 Å². The van der Waals surface area contributed by atoms with Crippen LogP contribution < -0.4 is 10.2 Å². The fourth-order valence-electron chi connectivity index (χ4n) is 1.82. The monoisotopic (exact) mass is 266 g/mol. The molecule has 1 aromatic carbocycles. The van der Waals surface area contributed by atoms with Crippen LogP contribution in [0.15, 0.2) is 24.3 Å². The lowest BCUT2D eigenvalue weighted by atomic mass is 10.0. The Balaban J connectivity index is 2.71. The number of aliphatic hydroxyl groups excluding tert-OH is 1. The van der Waals surface area contributed by atoms with E-state index in [0.29, 0.717) is 0 Å². The molecule has 0 saturated carbocycles. The first-order valence-corrected chi connectivity index (χ1v) is 6.27. The largest absolute Gasteiger partial charge is 0.480 e. The molecule has 0 radical (unpaired) electrons. The highest BCUT2D eigenvalue weighted by atomic mass is 16.4. The van der Waals surface area contributed by atoms with E-state index in [1.165, 1.54) is 0 Å². The van der Waals surface area contributed by atoms with Gasteiger partial charge in [-0.15, -0.1) is 0 Å². The van der Waals surface area contributed by atoms with Crippen LogP contribution in [-0.4, -0.2) is 42.4 Å². The number of anilines is 1. The van der Waals surface area contributed by atoms with Crippen molar-refractivity contribution in [3.63, 3.8) is 0 Å². The van der Waals surface area contributed by atoms with E-state index in [0.717, 1.165) is 11.3 Å². The third kappa shape index (κ3) is 4.22. The Morgan fingerprint density at radius 2 is 1.74 bits per heavy atom. The van der Waals surface area contributed by atoms with Crippen LogP contribution in [-0.2, 0) is 4.79 Å². The number of rotatable bonds is 6. The molecule has 0 aromatic heterocycles. The van der Waals surface area contributed by atoms with Crippen molar-refractivity contribution in [3.8, 4) is 0 Å². The Bertz CT molecular complexity index is 417. The molecule has 0 spiro atoms. The van der Waals surface area contributed by atoms with Gasteiger partial charge in [0, 0.05) is 25.8 Å². The molecule has 0 fully saturated rings. The smallest absolute Gasteiger partial charge is 0.320 e. The highest BCUT2D eigenvalue weighted by Crippen LogP contribution is 2.20. The molecule has 5 nitrogen and oxygen atoms in total. The number of hydrogen-bond acceptors (Lipinski definition) is 4. The van der Waals surface area contributed by atoms with Crippen molar-refractivity contribution >= 4 is 11.7 Å². The van der Waals surface area contributed by atoms with Crippen LogP contribution in [0.25, 0.3) is 0 Å². The summed E-state index contributed by atoms with van der Waals surface area (Å²) in [4.78, 5) is 12.7. The number of aliphatic hydroxyl groups is 1. The van der Waals surface area contributed by atoms with E-state index in [4.69, 9.17) is 5.11 Å². The molecule has 1 rings (SSSR count). The molecule has 3 N–H and O–H groups in total. The fraction of sp³-hybridized carbons (Fsp3) is 0.500. The van der Waals surface area contributed by atoms with E-state index >= 15 is 0 Å². The molecular formula is C14H22N2O3. The van der Waals surface area contributed by atoms with E-state index in [1.807, 2.05) is 43.3 Å². The SMILES string of the molecule is CC(NC(C)C(O)c1ccc(N(C)C)cc1)C(=O)O. The van der Waals surface area contributed by atoms with Crippen LogP contribution in [0, 0.1) is 0 Å². The molecule has 1 aromatic rings. The topological polar surface area (TPSA) is 72.8 Å². The number of carboxylic acids is 1. The molecule has 3 atom stereocenters. The quantitative estimate of drug-likeness (QED) is 0.722. The van der Waals surface area contributed by atoms with Gasteiger partial charge in [0.25, 0.3) is 0 Å². The molecule has 0 saturated heterocycles. The summed E-state index contributed by atoms with van der Waals surface area (Å²) in [5, 5.41) is 21.9. The van der Waals surface area contributed by atoms with Crippen LogP contribution in [0.1, 0.15) is 25.5 Å². The zero-order chi connectivity index (χ0) is 14.6. The normalized spacial score (nSPS) is 15.6. The third-order valence-electron chi connectivity index (χ3n) is 3.11. The number of carbonyl (C=O) groups is 1. The summed E-state index contributed by atoms with van der Waals surface area (Å²) in [6.07, 6.45) is -0.738. The van der Waals surface area contributed by atoms with Gasteiger partial charge in [-0.3, -0.25) is 10.1 Å². The molecule has 5 heteroatoms. The summed E-state index contributed by atoms with van der Waals surface area (Å²) in [5.41, 5.74) is 1.82. The predicted molar refractivity (Wildman–Crippen MR) is 75.4 cm³/mol. The highest BCUT2D eigenvalue weighted by Gasteiger charge is 2.20. The molecule has 0 aliphatic rings. The fourth-order valence-corrected chi connectivity index (χ4v) is 1.82. The zero-order valence-electron chi connectivity index (χ0n) is 11.8. The van der Waals surface area contributed by atoms with Crippen molar-refractivity contribution in [1.29, 1.82) is 0 Å². The van der Waals surface area contributed by atoms with Crippen LogP contribution >= 0.6 is 0 Å². The number of benzene rings is 1. The number of carboxylic acid groups (broad SMARTS) is 1. The van der Waals surface area contributed by atoms with Gasteiger partial charge in [-0.1, -0.05) is 12.1 Å². The standard InChI is InChI=1S/C14H22N2O3/c1-9(15-10(2)14(18)19)13(17)11-5-7-12(8-6-11)16(3)4/h5-10,13,15,17H,1-4H3,(H,18,19). The first kappa shape index (κ1) is 15.5. The molecule has 0 aliphatic heterocycles. The summed E-state index contributed by atoms with van der Waals surface area (Å²) in [6, 6.07) is 6.52. The minimum atomic E-state index is -0.929. The second-order valence-electron chi connectivity index (χ2n) is 4.95. The number of nitrogens with zero attached hydrogens (tertiary/aromatic N) is 1. The van der Waals surface area contributed by atoms with E-state index in [2.05, 4.69) is 5.32 Å². The van der Waals surface area contributed by atoms with Gasteiger partial charge in [-0.25, -0.2) is 0 Å². The lowest BCUT2D eigenvalue weighted by molar-refractivity contribution is -0.139. The van der Waals surface area contributed by atoms with Gasteiger partial charge in [0.05, 0.1) is 6.10 Å².